The Balaban J connectivity index is 1.53. The number of amides is 4. The number of imide groups is 1. The van der Waals surface area contributed by atoms with Crippen LogP contribution in [-0.2, 0) is 20.9 Å². The monoisotopic (exact) mass is 415 g/mol. The van der Waals surface area contributed by atoms with E-state index in [1.165, 1.54) is 12.1 Å². The van der Waals surface area contributed by atoms with Crippen LogP contribution in [0.25, 0.3) is 0 Å². The van der Waals surface area contributed by atoms with Crippen LogP contribution in [0.3, 0.4) is 0 Å². The second-order valence-electron chi connectivity index (χ2n) is 6.37. The lowest BCUT2D eigenvalue weighted by atomic mass is 10.1. The van der Waals surface area contributed by atoms with Gasteiger partial charge in [0, 0.05) is 10.7 Å². The van der Waals surface area contributed by atoms with Gasteiger partial charge in [-0.2, -0.15) is 0 Å². The SMILES string of the molecule is Cc1c(Cl)cccc1NC(=O)COC(=O)c1ccc(CN2C(=O)CNC2=O)cc1. The Bertz CT molecular complexity index is 959. The second kappa shape index (κ2) is 8.74. The fraction of sp³-hybridized carbons (Fsp3) is 0.200. The van der Waals surface area contributed by atoms with E-state index in [1.54, 1.807) is 37.3 Å². The summed E-state index contributed by atoms with van der Waals surface area (Å²) in [6, 6.07) is 10.9. The normalized spacial score (nSPS) is 13.2. The average Bonchev–Trinajstić information content (AvgIpc) is 3.02. The molecule has 0 radical (unpaired) electrons. The van der Waals surface area contributed by atoms with Crippen molar-refractivity contribution in [3.05, 3.63) is 64.2 Å². The van der Waals surface area contributed by atoms with Gasteiger partial charge in [0.2, 0.25) is 5.91 Å². The number of rotatable bonds is 6. The summed E-state index contributed by atoms with van der Waals surface area (Å²) in [5.74, 6) is -1.46. The fourth-order valence-electron chi connectivity index (χ4n) is 2.69. The molecule has 1 aliphatic heterocycles. The number of hydrogen-bond acceptors (Lipinski definition) is 5. The molecule has 150 valence electrons. The highest BCUT2D eigenvalue weighted by molar-refractivity contribution is 6.31. The van der Waals surface area contributed by atoms with E-state index in [2.05, 4.69) is 10.6 Å². The predicted molar refractivity (Wildman–Crippen MR) is 105 cm³/mol. The standard InChI is InChI=1S/C20H18ClN3O5/c1-12-15(21)3-2-4-16(12)23-17(25)11-29-19(27)14-7-5-13(6-8-14)10-24-18(26)9-22-20(24)28/h2-8H,9-11H2,1H3,(H,22,28)(H,23,25). The van der Waals surface area contributed by atoms with Crippen molar-refractivity contribution in [2.45, 2.75) is 13.5 Å². The number of hydrogen-bond donors (Lipinski definition) is 2. The number of benzene rings is 2. The molecule has 2 N–H and O–H groups in total. The summed E-state index contributed by atoms with van der Waals surface area (Å²) in [5, 5.41) is 5.60. The van der Waals surface area contributed by atoms with Crippen molar-refractivity contribution >= 4 is 41.1 Å². The number of nitrogens with zero attached hydrogens (tertiary/aromatic N) is 1. The zero-order valence-electron chi connectivity index (χ0n) is 15.5. The number of anilines is 1. The maximum atomic E-state index is 12.1. The molecule has 9 heteroatoms. The first-order valence-corrected chi connectivity index (χ1v) is 9.12. The highest BCUT2D eigenvalue weighted by atomic mass is 35.5. The molecule has 3 rings (SSSR count). The number of halogens is 1. The molecule has 2 aromatic carbocycles. The van der Waals surface area contributed by atoms with Crippen LogP contribution in [0, 0.1) is 6.92 Å². The van der Waals surface area contributed by atoms with Gasteiger partial charge >= 0.3 is 12.0 Å². The molecular formula is C20H18ClN3O5. The number of ether oxygens (including phenoxy) is 1. The summed E-state index contributed by atoms with van der Waals surface area (Å²) < 4.78 is 5.03. The lowest BCUT2D eigenvalue weighted by Gasteiger charge is -2.12. The van der Waals surface area contributed by atoms with E-state index in [1.807, 2.05) is 0 Å². The van der Waals surface area contributed by atoms with Crippen molar-refractivity contribution in [1.82, 2.24) is 10.2 Å². The lowest BCUT2D eigenvalue weighted by molar-refractivity contribution is -0.125. The minimum Gasteiger partial charge on any atom is -0.452 e. The summed E-state index contributed by atoms with van der Waals surface area (Å²) in [6.07, 6.45) is 0. The molecule has 1 heterocycles. The molecule has 4 amide bonds. The van der Waals surface area contributed by atoms with E-state index in [-0.39, 0.29) is 24.6 Å². The van der Waals surface area contributed by atoms with Crippen molar-refractivity contribution in [2.24, 2.45) is 0 Å². The van der Waals surface area contributed by atoms with E-state index in [0.29, 0.717) is 16.3 Å². The van der Waals surface area contributed by atoms with E-state index >= 15 is 0 Å². The third-order valence-corrected chi connectivity index (χ3v) is 4.75. The molecule has 1 saturated heterocycles. The Morgan fingerprint density at radius 3 is 2.55 bits per heavy atom. The fourth-order valence-corrected chi connectivity index (χ4v) is 2.86. The van der Waals surface area contributed by atoms with Gasteiger partial charge in [-0.15, -0.1) is 0 Å². The maximum absolute atomic E-state index is 12.1. The molecule has 2 aromatic rings. The smallest absolute Gasteiger partial charge is 0.338 e. The zero-order chi connectivity index (χ0) is 21.0. The Morgan fingerprint density at radius 2 is 1.90 bits per heavy atom. The molecule has 0 aliphatic carbocycles. The number of nitrogens with one attached hydrogen (secondary N) is 2. The van der Waals surface area contributed by atoms with E-state index in [4.69, 9.17) is 16.3 Å². The molecule has 0 spiro atoms. The predicted octanol–water partition coefficient (Wildman–Crippen LogP) is 2.50. The summed E-state index contributed by atoms with van der Waals surface area (Å²) in [4.78, 5) is 48.4. The molecule has 1 aliphatic rings. The van der Waals surface area contributed by atoms with E-state index in [9.17, 15) is 19.2 Å². The maximum Gasteiger partial charge on any atom is 0.338 e. The van der Waals surface area contributed by atoms with Crippen LogP contribution in [0.1, 0.15) is 21.5 Å². The van der Waals surface area contributed by atoms with Crippen LogP contribution < -0.4 is 10.6 Å². The summed E-state index contributed by atoms with van der Waals surface area (Å²) in [5.41, 5.74) is 2.19. The Kier molecular flexibility index (Phi) is 6.13. The molecule has 0 bridgehead atoms. The van der Waals surface area contributed by atoms with E-state index < -0.39 is 24.5 Å². The van der Waals surface area contributed by atoms with Gasteiger partial charge in [-0.25, -0.2) is 9.59 Å². The third kappa shape index (κ3) is 4.91. The van der Waals surface area contributed by atoms with E-state index in [0.717, 1.165) is 10.5 Å². The van der Waals surface area contributed by atoms with Crippen LogP contribution in [0.4, 0.5) is 10.5 Å². The van der Waals surface area contributed by atoms with Crippen molar-refractivity contribution in [1.29, 1.82) is 0 Å². The van der Waals surface area contributed by atoms with Gasteiger partial charge in [-0.3, -0.25) is 14.5 Å². The summed E-state index contributed by atoms with van der Waals surface area (Å²) >= 11 is 6.01. The van der Waals surface area contributed by atoms with Crippen molar-refractivity contribution in [2.75, 3.05) is 18.5 Å². The Labute approximate surface area is 171 Å². The molecule has 8 nitrogen and oxygen atoms in total. The summed E-state index contributed by atoms with van der Waals surface area (Å²) in [7, 11) is 0. The van der Waals surface area contributed by atoms with Crippen LogP contribution >= 0.6 is 11.6 Å². The molecule has 0 unspecified atom stereocenters. The topological polar surface area (TPSA) is 105 Å². The van der Waals surface area contributed by atoms with Gasteiger partial charge in [-0.1, -0.05) is 29.8 Å². The second-order valence-corrected chi connectivity index (χ2v) is 6.78. The number of urea groups is 1. The summed E-state index contributed by atoms with van der Waals surface area (Å²) in [6.45, 7) is 1.42. The lowest BCUT2D eigenvalue weighted by Crippen LogP contribution is -2.30. The highest BCUT2D eigenvalue weighted by Gasteiger charge is 2.28. The average molecular weight is 416 g/mol. The van der Waals surface area contributed by atoms with Crippen molar-refractivity contribution in [3.8, 4) is 0 Å². The Morgan fingerprint density at radius 1 is 1.17 bits per heavy atom. The number of esters is 1. The molecular weight excluding hydrogens is 398 g/mol. The van der Waals surface area contributed by atoms with Crippen molar-refractivity contribution < 1.29 is 23.9 Å². The number of carbonyl (C=O) groups is 4. The molecule has 0 saturated carbocycles. The first-order chi connectivity index (χ1) is 13.8. The van der Waals surface area contributed by atoms with Crippen LogP contribution in [-0.4, -0.2) is 41.9 Å². The molecule has 1 fully saturated rings. The molecule has 0 aromatic heterocycles. The van der Waals surface area contributed by atoms with Gasteiger partial charge in [-0.05, 0) is 42.3 Å². The molecule has 29 heavy (non-hydrogen) atoms. The van der Waals surface area contributed by atoms with Crippen LogP contribution in [0.5, 0.6) is 0 Å². The van der Waals surface area contributed by atoms with Gasteiger partial charge in [0.25, 0.3) is 5.91 Å². The van der Waals surface area contributed by atoms with Gasteiger partial charge in [0.05, 0.1) is 18.7 Å². The third-order valence-electron chi connectivity index (χ3n) is 4.34. The van der Waals surface area contributed by atoms with Crippen molar-refractivity contribution in [3.63, 3.8) is 0 Å². The Hall–Kier alpha value is -3.39. The molecule has 0 atom stereocenters. The minimum atomic E-state index is -0.662. The quantitative estimate of drug-likeness (QED) is 0.557. The van der Waals surface area contributed by atoms with Gasteiger partial charge in [0.1, 0.15) is 0 Å². The van der Waals surface area contributed by atoms with Crippen LogP contribution in [0.15, 0.2) is 42.5 Å². The largest absolute Gasteiger partial charge is 0.452 e. The first kappa shape index (κ1) is 20.3. The minimum absolute atomic E-state index is 0.0139. The highest BCUT2D eigenvalue weighted by Crippen LogP contribution is 2.22. The number of carbonyl (C=O) groups excluding carboxylic acids is 4. The first-order valence-electron chi connectivity index (χ1n) is 8.74. The van der Waals surface area contributed by atoms with Gasteiger partial charge < -0.3 is 15.4 Å². The van der Waals surface area contributed by atoms with Gasteiger partial charge in [0.15, 0.2) is 6.61 Å². The van der Waals surface area contributed by atoms with Crippen LogP contribution in [0.2, 0.25) is 5.02 Å². The zero-order valence-corrected chi connectivity index (χ0v) is 16.3.